The second kappa shape index (κ2) is 5.22. The van der Waals surface area contributed by atoms with E-state index in [9.17, 15) is 9.59 Å². The van der Waals surface area contributed by atoms with Crippen molar-refractivity contribution in [3.05, 3.63) is 48.2 Å². The number of carbonyl (C=O) groups is 2. The van der Waals surface area contributed by atoms with Crippen molar-refractivity contribution in [2.45, 2.75) is 0 Å². The number of hydrazine groups is 1. The molecule has 3 rings (SSSR count). The van der Waals surface area contributed by atoms with Gasteiger partial charge in [-0.05, 0) is 24.3 Å². The van der Waals surface area contributed by atoms with Gasteiger partial charge in [-0.3, -0.25) is 14.5 Å². The minimum atomic E-state index is -0.352. The maximum atomic E-state index is 12.6. The van der Waals surface area contributed by atoms with Crippen LogP contribution >= 0.6 is 0 Å². The normalized spacial score (nSPS) is 13.4. The lowest BCUT2D eigenvalue weighted by molar-refractivity contribution is -0.115. The fourth-order valence-electron chi connectivity index (χ4n) is 2.19. The summed E-state index contributed by atoms with van der Waals surface area (Å²) in [6.45, 7) is -0.0438. The summed E-state index contributed by atoms with van der Waals surface area (Å²) < 4.78 is 0. The Morgan fingerprint density at radius 2 is 2.05 bits per heavy atom. The Morgan fingerprint density at radius 1 is 1.24 bits per heavy atom. The van der Waals surface area contributed by atoms with Crippen LogP contribution in [0.15, 0.2) is 42.5 Å². The Balaban J connectivity index is 1.99. The third-order valence-electron chi connectivity index (χ3n) is 3.13. The predicted octanol–water partition coefficient (Wildman–Crippen LogP) is 0.966. The van der Waals surface area contributed by atoms with Crippen LogP contribution in [0, 0.1) is 0 Å². The number of benzene rings is 1. The van der Waals surface area contributed by atoms with Crippen LogP contribution in [-0.4, -0.2) is 23.3 Å². The highest BCUT2D eigenvalue weighted by molar-refractivity contribution is 6.14. The van der Waals surface area contributed by atoms with Gasteiger partial charge in [0.05, 0.1) is 11.4 Å². The van der Waals surface area contributed by atoms with Crippen LogP contribution in [0.2, 0.25) is 0 Å². The second-order valence-electron chi connectivity index (χ2n) is 4.51. The largest absolute Gasteiger partial charge is 0.323 e. The molecule has 0 spiro atoms. The molecule has 0 bridgehead atoms. The zero-order chi connectivity index (χ0) is 14.8. The van der Waals surface area contributed by atoms with Crippen LogP contribution in [0.1, 0.15) is 10.5 Å². The highest BCUT2D eigenvalue weighted by atomic mass is 16.2. The van der Waals surface area contributed by atoms with Gasteiger partial charge in [-0.2, -0.15) is 0 Å². The number of nitrogens with zero attached hydrogens (tertiary/aromatic N) is 2. The van der Waals surface area contributed by atoms with Crippen LogP contribution in [-0.2, 0) is 4.79 Å². The zero-order valence-corrected chi connectivity index (χ0v) is 11.0. The van der Waals surface area contributed by atoms with Gasteiger partial charge in [0.1, 0.15) is 18.1 Å². The first-order valence-corrected chi connectivity index (χ1v) is 6.33. The molecule has 21 heavy (non-hydrogen) atoms. The minimum Gasteiger partial charge on any atom is -0.323 e. The lowest BCUT2D eigenvalue weighted by Gasteiger charge is -2.28. The molecular formula is C14H13N5O2. The number of hydrogen-bond acceptors (Lipinski definition) is 5. The maximum absolute atomic E-state index is 12.6. The average molecular weight is 283 g/mol. The van der Waals surface area contributed by atoms with Crippen LogP contribution in [0.4, 0.5) is 17.2 Å². The number of hydrogen-bond donors (Lipinski definition) is 3. The molecule has 0 unspecified atom stereocenters. The van der Waals surface area contributed by atoms with E-state index in [1.54, 1.807) is 36.4 Å². The van der Waals surface area contributed by atoms with Crippen molar-refractivity contribution in [3.8, 4) is 0 Å². The fraction of sp³-hybridized carbons (Fsp3) is 0.0714. The van der Waals surface area contributed by atoms with Gasteiger partial charge in [0.25, 0.3) is 5.91 Å². The van der Waals surface area contributed by atoms with E-state index < -0.39 is 0 Å². The van der Waals surface area contributed by atoms with Crippen molar-refractivity contribution in [2.24, 2.45) is 5.84 Å². The van der Waals surface area contributed by atoms with Gasteiger partial charge in [-0.1, -0.05) is 18.2 Å². The topological polar surface area (TPSA) is 100 Å². The van der Waals surface area contributed by atoms with Crippen molar-refractivity contribution in [1.82, 2.24) is 4.98 Å². The summed E-state index contributed by atoms with van der Waals surface area (Å²) in [6, 6.07) is 12.0. The molecule has 1 aromatic heterocycles. The summed E-state index contributed by atoms with van der Waals surface area (Å²) in [6.07, 6.45) is 0. The van der Waals surface area contributed by atoms with Gasteiger partial charge >= 0.3 is 0 Å². The van der Waals surface area contributed by atoms with Gasteiger partial charge in [0, 0.05) is 0 Å². The van der Waals surface area contributed by atoms with E-state index in [2.05, 4.69) is 15.7 Å². The van der Waals surface area contributed by atoms with E-state index >= 15 is 0 Å². The number of nitrogens with one attached hydrogen (secondary N) is 2. The van der Waals surface area contributed by atoms with E-state index in [0.29, 0.717) is 17.2 Å². The first kappa shape index (κ1) is 13.1. The molecule has 0 aliphatic carbocycles. The number of carbonyl (C=O) groups excluding carboxylic acids is 2. The SMILES string of the molecule is NNc1cccc(C(=O)N2CC(=O)Nc3ccccc32)n1. The monoisotopic (exact) mass is 283 g/mol. The number of rotatable bonds is 2. The Labute approximate surface area is 120 Å². The number of anilines is 3. The Bertz CT molecular complexity index is 716. The van der Waals surface area contributed by atoms with Crippen molar-refractivity contribution >= 4 is 29.0 Å². The molecule has 0 fully saturated rings. The lowest BCUT2D eigenvalue weighted by atomic mass is 10.1. The molecule has 0 saturated carbocycles. The molecule has 1 aliphatic heterocycles. The summed E-state index contributed by atoms with van der Waals surface area (Å²) in [5.41, 5.74) is 3.86. The summed E-state index contributed by atoms with van der Waals surface area (Å²) in [5, 5.41) is 2.73. The van der Waals surface area contributed by atoms with Gasteiger partial charge in [0.15, 0.2) is 0 Å². The first-order valence-electron chi connectivity index (χ1n) is 6.33. The Hall–Kier alpha value is -2.93. The zero-order valence-electron chi connectivity index (χ0n) is 11.0. The summed E-state index contributed by atoms with van der Waals surface area (Å²) in [7, 11) is 0. The van der Waals surface area contributed by atoms with E-state index in [-0.39, 0.29) is 24.1 Å². The fourth-order valence-corrected chi connectivity index (χ4v) is 2.19. The van der Waals surface area contributed by atoms with Crippen molar-refractivity contribution < 1.29 is 9.59 Å². The summed E-state index contributed by atoms with van der Waals surface area (Å²) >= 11 is 0. The number of nitrogens with two attached hydrogens (primary N) is 1. The Kier molecular flexibility index (Phi) is 3.25. The molecular weight excluding hydrogens is 270 g/mol. The van der Waals surface area contributed by atoms with Crippen molar-refractivity contribution in [3.63, 3.8) is 0 Å². The molecule has 1 aliphatic rings. The van der Waals surface area contributed by atoms with E-state index in [1.165, 1.54) is 4.90 Å². The molecule has 2 aromatic rings. The Morgan fingerprint density at radius 3 is 2.86 bits per heavy atom. The number of fused-ring (bicyclic) bond motifs is 1. The molecule has 0 atom stereocenters. The van der Waals surface area contributed by atoms with Crippen LogP contribution in [0.3, 0.4) is 0 Å². The number of pyridine rings is 1. The van der Waals surface area contributed by atoms with Crippen LogP contribution in [0.5, 0.6) is 0 Å². The van der Waals surface area contributed by atoms with Crippen LogP contribution < -0.4 is 21.5 Å². The average Bonchev–Trinajstić information content (AvgIpc) is 2.53. The second-order valence-corrected chi connectivity index (χ2v) is 4.51. The quantitative estimate of drug-likeness (QED) is 0.563. The summed E-state index contributed by atoms with van der Waals surface area (Å²) in [5.74, 6) is 5.09. The smallest absolute Gasteiger partial charge is 0.277 e. The predicted molar refractivity (Wildman–Crippen MR) is 78.8 cm³/mol. The highest BCUT2D eigenvalue weighted by Crippen LogP contribution is 2.29. The van der Waals surface area contributed by atoms with Gasteiger partial charge < -0.3 is 10.7 Å². The lowest BCUT2D eigenvalue weighted by Crippen LogP contribution is -2.42. The third kappa shape index (κ3) is 2.41. The minimum absolute atomic E-state index is 0.0438. The molecule has 0 radical (unpaired) electrons. The van der Waals surface area contributed by atoms with E-state index in [1.807, 2.05) is 6.07 Å². The molecule has 4 N–H and O–H groups in total. The summed E-state index contributed by atoms with van der Waals surface area (Å²) in [4.78, 5) is 29.8. The molecule has 2 amide bonds. The number of para-hydroxylation sites is 2. The molecule has 7 nitrogen and oxygen atoms in total. The van der Waals surface area contributed by atoms with Crippen molar-refractivity contribution in [2.75, 3.05) is 22.2 Å². The highest BCUT2D eigenvalue weighted by Gasteiger charge is 2.28. The molecule has 7 heteroatoms. The number of nitrogen functional groups attached to an aromatic ring is 1. The molecule has 1 aromatic carbocycles. The molecule has 106 valence electrons. The number of amides is 2. The van der Waals surface area contributed by atoms with Gasteiger partial charge in [-0.15, -0.1) is 0 Å². The van der Waals surface area contributed by atoms with Gasteiger partial charge in [-0.25, -0.2) is 10.8 Å². The maximum Gasteiger partial charge on any atom is 0.277 e. The van der Waals surface area contributed by atoms with E-state index in [0.717, 1.165) is 0 Å². The van der Waals surface area contributed by atoms with Crippen molar-refractivity contribution in [1.29, 1.82) is 0 Å². The van der Waals surface area contributed by atoms with E-state index in [4.69, 9.17) is 5.84 Å². The molecule has 2 heterocycles. The molecule has 0 saturated heterocycles. The third-order valence-corrected chi connectivity index (χ3v) is 3.13. The standard InChI is InChI=1S/C14H13N5O2/c15-18-12-7-3-5-10(16-12)14(21)19-8-13(20)17-9-4-1-2-6-11(9)19/h1-7H,8,15H2,(H,16,18)(H,17,20). The first-order chi connectivity index (χ1) is 10.2. The number of aromatic nitrogens is 1. The van der Waals surface area contributed by atoms with Gasteiger partial charge in [0.2, 0.25) is 5.91 Å². The van der Waals surface area contributed by atoms with Crippen LogP contribution in [0.25, 0.3) is 0 Å².